The highest BCUT2D eigenvalue weighted by atomic mass is 16.4. The lowest BCUT2D eigenvalue weighted by atomic mass is 10.0. The number of H-pyrrole nitrogens is 2. The van der Waals surface area contributed by atoms with Crippen LogP contribution in [0.15, 0.2) is 60.9 Å². The summed E-state index contributed by atoms with van der Waals surface area (Å²) in [4.78, 5) is 71.5. The van der Waals surface area contributed by atoms with E-state index in [4.69, 9.17) is 11.5 Å². The van der Waals surface area contributed by atoms with Crippen molar-refractivity contribution in [2.75, 3.05) is 6.54 Å². The number of hydrogen-bond donors (Lipinski definition) is 7. The first kappa shape index (κ1) is 30.3. The van der Waals surface area contributed by atoms with Crippen LogP contribution >= 0.6 is 0 Å². The minimum atomic E-state index is -1.28. The minimum absolute atomic E-state index is 0.0154. The maximum atomic E-state index is 13.7. The predicted molar refractivity (Wildman–Crippen MR) is 162 cm³/mol. The molecule has 4 unspecified atom stereocenters. The third-order valence-corrected chi connectivity index (χ3v) is 8.02. The van der Waals surface area contributed by atoms with Crippen LogP contribution in [0.2, 0.25) is 0 Å². The molecular formula is C31H35N7O6. The molecule has 4 atom stereocenters. The monoisotopic (exact) mass is 601 g/mol. The number of nitrogens with two attached hydrogens (primary N) is 2. The molecule has 2 aromatic carbocycles. The number of aliphatic carboxylic acids is 1. The van der Waals surface area contributed by atoms with Crippen molar-refractivity contribution in [2.45, 2.75) is 56.3 Å². The molecule has 13 nitrogen and oxygen atoms in total. The highest BCUT2D eigenvalue weighted by Gasteiger charge is 2.38. The van der Waals surface area contributed by atoms with Crippen molar-refractivity contribution in [2.24, 2.45) is 11.5 Å². The fraction of sp³-hybridized carbons (Fsp3) is 0.323. The standard InChI is InChI=1S/C31H35N7O6/c32-21(14-27(33)39)30(42)38-11-5-10-26(38)29(41)36-24(12-17-15-34-22-8-3-1-6-19(17)22)28(40)37-25(31(43)44)13-18-16-35-23-9-4-2-7-20(18)23/h1-4,6-9,15-16,21,24-26,34-35H,5,10-14,32H2,(H2,33,39)(H,36,41)(H,37,40)(H,43,44). The molecule has 0 bridgehead atoms. The van der Waals surface area contributed by atoms with Gasteiger partial charge in [0.1, 0.15) is 18.1 Å². The number of benzene rings is 2. The zero-order valence-corrected chi connectivity index (χ0v) is 23.9. The predicted octanol–water partition coefficient (Wildman–Crippen LogP) is 0.682. The first-order valence-corrected chi connectivity index (χ1v) is 14.4. The van der Waals surface area contributed by atoms with E-state index in [0.717, 1.165) is 32.9 Å². The molecule has 0 spiro atoms. The Balaban J connectivity index is 1.37. The molecule has 3 heterocycles. The van der Waals surface area contributed by atoms with E-state index in [2.05, 4.69) is 20.6 Å². The van der Waals surface area contributed by atoms with Gasteiger partial charge in [0.25, 0.3) is 0 Å². The minimum Gasteiger partial charge on any atom is -0.480 e. The van der Waals surface area contributed by atoms with Crippen molar-refractivity contribution >= 4 is 51.4 Å². The highest BCUT2D eigenvalue weighted by molar-refractivity contribution is 5.96. The Kier molecular flexibility index (Phi) is 8.95. The molecule has 2 aromatic heterocycles. The fourth-order valence-corrected chi connectivity index (χ4v) is 5.81. The molecule has 1 saturated heterocycles. The highest BCUT2D eigenvalue weighted by Crippen LogP contribution is 2.23. The van der Waals surface area contributed by atoms with Crippen LogP contribution in [0, 0.1) is 0 Å². The molecule has 230 valence electrons. The molecule has 1 aliphatic rings. The first-order chi connectivity index (χ1) is 21.1. The van der Waals surface area contributed by atoms with Gasteiger partial charge >= 0.3 is 5.97 Å². The van der Waals surface area contributed by atoms with Crippen molar-refractivity contribution in [3.05, 3.63) is 72.1 Å². The second-order valence-corrected chi connectivity index (χ2v) is 11.1. The summed E-state index contributed by atoms with van der Waals surface area (Å²) in [6.45, 7) is 0.258. The molecule has 0 radical (unpaired) electrons. The summed E-state index contributed by atoms with van der Waals surface area (Å²) in [5.74, 6) is -3.80. The van der Waals surface area contributed by atoms with Crippen LogP contribution in [-0.4, -0.2) is 80.3 Å². The molecule has 1 fully saturated rings. The lowest BCUT2D eigenvalue weighted by molar-refractivity contribution is -0.143. The summed E-state index contributed by atoms with van der Waals surface area (Å²) in [6, 6.07) is 10.4. The van der Waals surface area contributed by atoms with E-state index in [1.807, 2.05) is 48.5 Å². The number of nitrogens with one attached hydrogen (secondary N) is 4. The Morgan fingerprint density at radius 2 is 1.45 bits per heavy atom. The van der Waals surface area contributed by atoms with Crippen LogP contribution in [0.4, 0.5) is 0 Å². The number of primary amides is 1. The lowest BCUT2D eigenvalue weighted by Crippen LogP contribution is -2.57. The number of hydrogen-bond acceptors (Lipinski definition) is 6. The second kappa shape index (κ2) is 13.0. The number of aromatic amines is 2. The summed E-state index contributed by atoms with van der Waals surface area (Å²) >= 11 is 0. The van der Waals surface area contributed by atoms with Crippen LogP contribution in [0.1, 0.15) is 30.4 Å². The SMILES string of the molecule is NC(=O)CC(N)C(=O)N1CCCC1C(=O)NC(Cc1c[nH]c2ccccc12)C(=O)NC(Cc1c[nH]c2ccccc12)C(=O)O. The number of para-hydroxylation sites is 2. The number of carbonyl (C=O) groups is 5. The Labute approximate surface area is 252 Å². The average Bonchev–Trinajstić information content (AvgIpc) is 3.75. The van der Waals surface area contributed by atoms with Crippen molar-refractivity contribution < 1.29 is 29.1 Å². The number of carboxylic acids is 1. The molecule has 4 amide bonds. The van der Waals surface area contributed by atoms with Crippen molar-refractivity contribution in [1.82, 2.24) is 25.5 Å². The third kappa shape index (κ3) is 6.57. The normalized spacial score (nSPS) is 16.8. The van der Waals surface area contributed by atoms with E-state index in [0.29, 0.717) is 12.8 Å². The number of rotatable bonds is 12. The molecule has 9 N–H and O–H groups in total. The molecule has 0 saturated carbocycles. The van der Waals surface area contributed by atoms with Crippen LogP contribution < -0.4 is 22.1 Å². The van der Waals surface area contributed by atoms with Gasteiger partial charge in [0.05, 0.1) is 12.5 Å². The molecule has 5 rings (SSSR count). The summed E-state index contributed by atoms with van der Waals surface area (Å²) < 4.78 is 0. The van der Waals surface area contributed by atoms with Gasteiger partial charge < -0.3 is 42.1 Å². The van der Waals surface area contributed by atoms with Gasteiger partial charge in [0, 0.05) is 53.6 Å². The molecular weight excluding hydrogens is 566 g/mol. The van der Waals surface area contributed by atoms with Gasteiger partial charge in [-0.25, -0.2) is 4.79 Å². The van der Waals surface area contributed by atoms with E-state index in [1.165, 1.54) is 4.90 Å². The van der Waals surface area contributed by atoms with Gasteiger partial charge in [-0.2, -0.15) is 0 Å². The fourth-order valence-electron chi connectivity index (χ4n) is 5.81. The van der Waals surface area contributed by atoms with Gasteiger partial charge in [0.2, 0.25) is 23.6 Å². The summed E-state index contributed by atoms with van der Waals surface area (Å²) in [5.41, 5.74) is 14.2. The van der Waals surface area contributed by atoms with Gasteiger partial charge in [-0.15, -0.1) is 0 Å². The number of carboxylic acid groups (broad SMARTS) is 1. The van der Waals surface area contributed by atoms with Crippen LogP contribution in [-0.2, 0) is 36.8 Å². The Morgan fingerprint density at radius 3 is 2.02 bits per heavy atom. The molecule has 1 aliphatic heterocycles. The number of carbonyl (C=O) groups excluding carboxylic acids is 4. The van der Waals surface area contributed by atoms with E-state index in [9.17, 15) is 29.1 Å². The summed E-state index contributed by atoms with van der Waals surface area (Å²) in [5, 5.41) is 17.1. The van der Waals surface area contributed by atoms with Crippen LogP contribution in [0.25, 0.3) is 21.8 Å². The molecule has 44 heavy (non-hydrogen) atoms. The van der Waals surface area contributed by atoms with E-state index >= 15 is 0 Å². The lowest BCUT2D eigenvalue weighted by Gasteiger charge is -2.28. The maximum Gasteiger partial charge on any atom is 0.326 e. The third-order valence-electron chi connectivity index (χ3n) is 8.02. The van der Waals surface area contributed by atoms with Crippen LogP contribution in [0.5, 0.6) is 0 Å². The maximum absolute atomic E-state index is 13.7. The van der Waals surface area contributed by atoms with Gasteiger partial charge in [0.15, 0.2) is 0 Å². The van der Waals surface area contributed by atoms with E-state index < -0.39 is 53.8 Å². The van der Waals surface area contributed by atoms with Gasteiger partial charge in [-0.05, 0) is 36.1 Å². The smallest absolute Gasteiger partial charge is 0.326 e. The molecule has 0 aliphatic carbocycles. The van der Waals surface area contributed by atoms with Crippen molar-refractivity contribution in [3.8, 4) is 0 Å². The number of fused-ring (bicyclic) bond motifs is 2. The number of nitrogens with zero attached hydrogens (tertiary/aromatic N) is 1. The largest absolute Gasteiger partial charge is 0.480 e. The zero-order valence-electron chi connectivity index (χ0n) is 23.9. The summed E-state index contributed by atoms with van der Waals surface area (Å²) in [6.07, 6.45) is 4.03. The van der Waals surface area contributed by atoms with Gasteiger partial charge in [-0.1, -0.05) is 36.4 Å². The van der Waals surface area contributed by atoms with Crippen molar-refractivity contribution in [1.29, 1.82) is 0 Å². The molecule has 4 aromatic rings. The van der Waals surface area contributed by atoms with E-state index in [1.54, 1.807) is 12.4 Å². The molecule has 13 heteroatoms. The van der Waals surface area contributed by atoms with Crippen LogP contribution in [0.3, 0.4) is 0 Å². The van der Waals surface area contributed by atoms with Crippen molar-refractivity contribution in [3.63, 3.8) is 0 Å². The zero-order chi connectivity index (χ0) is 31.4. The number of likely N-dealkylation sites (tertiary alicyclic amines) is 1. The van der Waals surface area contributed by atoms with E-state index in [-0.39, 0.29) is 25.8 Å². The number of amides is 4. The number of aromatic nitrogens is 2. The van der Waals surface area contributed by atoms with Gasteiger partial charge in [-0.3, -0.25) is 19.2 Å². The quantitative estimate of drug-likeness (QED) is 0.123. The Hall–Kier alpha value is -5.17. The summed E-state index contributed by atoms with van der Waals surface area (Å²) in [7, 11) is 0. The second-order valence-electron chi connectivity index (χ2n) is 11.1. The Bertz CT molecular complexity index is 1710. The first-order valence-electron chi connectivity index (χ1n) is 14.4. The topological polar surface area (TPSA) is 216 Å². The Morgan fingerprint density at radius 1 is 0.886 bits per heavy atom. The average molecular weight is 602 g/mol.